The highest BCUT2D eigenvalue weighted by atomic mass is 19.4. The van der Waals surface area contributed by atoms with Crippen molar-refractivity contribution in [2.24, 2.45) is 5.92 Å². The predicted molar refractivity (Wildman–Crippen MR) is 97.1 cm³/mol. The maximum atomic E-state index is 12.8. The molecule has 0 unspecified atom stereocenters. The van der Waals surface area contributed by atoms with Crippen molar-refractivity contribution in [1.29, 1.82) is 0 Å². The molecule has 5 nitrogen and oxygen atoms in total. The molecule has 28 heavy (non-hydrogen) atoms. The molecule has 1 heterocycles. The maximum Gasteiger partial charge on any atom is 0.406 e. The van der Waals surface area contributed by atoms with Crippen LogP contribution in [-0.4, -0.2) is 43.0 Å². The van der Waals surface area contributed by atoms with Gasteiger partial charge in [0, 0.05) is 20.0 Å². The minimum atomic E-state index is -4.49. The van der Waals surface area contributed by atoms with E-state index in [1.54, 1.807) is 36.4 Å². The second kappa shape index (κ2) is 7.92. The molecule has 1 aliphatic rings. The first-order valence-corrected chi connectivity index (χ1v) is 8.68. The van der Waals surface area contributed by atoms with Crippen molar-refractivity contribution in [2.45, 2.75) is 12.6 Å². The molecule has 0 spiro atoms. The van der Waals surface area contributed by atoms with Crippen LogP contribution in [0.2, 0.25) is 0 Å². The Morgan fingerprint density at radius 1 is 1.14 bits per heavy atom. The van der Waals surface area contributed by atoms with Gasteiger partial charge in [0.15, 0.2) is 5.75 Å². The van der Waals surface area contributed by atoms with Gasteiger partial charge >= 0.3 is 6.18 Å². The number of nitrogens with zero attached hydrogens (tertiary/aromatic N) is 2. The first-order valence-electron chi connectivity index (χ1n) is 8.68. The molecule has 1 aliphatic heterocycles. The van der Waals surface area contributed by atoms with Crippen LogP contribution in [0.1, 0.15) is 6.42 Å². The van der Waals surface area contributed by atoms with Gasteiger partial charge in [-0.05, 0) is 24.3 Å². The van der Waals surface area contributed by atoms with Gasteiger partial charge in [-0.25, -0.2) is 0 Å². The van der Waals surface area contributed by atoms with E-state index in [4.69, 9.17) is 4.74 Å². The number of anilines is 1. The number of hydrogen-bond donors (Lipinski definition) is 0. The second-order valence-electron chi connectivity index (χ2n) is 6.57. The van der Waals surface area contributed by atoms with Crippen LogP contribution in [0, 0.1) is 5.92 Å². The van der Waals surface area contributed by atoms with E-state index in [0.29, 0.717) is 22.1 Å². The van der Waals surface area contributed by atoms with Crippen LogP contribution in [-0.2, 0) is 9.59 Å². The van der Waals surface area contributed by atoms with Crippen molar-refractivity contribution in [2.75, 3.05) is 25.0 Å². The number of rotatable bonds is 5. The van der Waals surface area contributed by atoms with Gasteiger partial charge in [0.05, 0.1) is 11.6 Å². The number of benzene rings is 2. The molecule has 0 N–H and O–H groups in total. The van der Waals surface area contributed by atoms with Gasteiger partial charge in [-0.1, -0.05) is 30.3 Å². The van der Waals surface area contributed by atoms with E-state index >= 15 is 0 Å². The molecule has 3 rings (SSSR count). The van der Waals surface area contributed by atoms with Gasteiger partial charge < -0.3 is 14.5 Å². The highest BCUT2D eigenvalue weighted by molar-refractivity contribution is 5.99. The molecule has 1 atom stereocenters. The van der Waals surface area contributed by atoms with Crippen LogP contribution < -0.4 is 9.64 Å². The molecule has 0 radical (unpaired) electrons. The smallest absolute Gasteiger partial charge is 0.406 e. The van der Waals surface area contributed by atoms with E-state index < -0.39 is 30.5 Å². The molecule has 2 aromatic rings. The molecule has 2 amide bonds. The lowest BCUT2D eigenvalue weighted by Crippen LogP contribution is -2.38. The van der Waals surface area contributed by atoms with Gasteiger partial charge in [-0.3, -0.25) is 9.59 Å². The fraction of sp³-hybridized carbons (Fsp3) is 0.300. The lowest BCUT2D eigenvalue weighted by Gasteiger charge is -2.24. The Kier molecular flexibility index (Phi) is 5.58. The Morgan fingerprint density at radius 2 is 1.79 bits per heavy atom. The molecule has 1 saturated heterocycles. The Morgan fingerprint density at radius 3 is 2.46 bits per heavy atom. The Labute approximate surface area is 160 Å². The van der Waals surface area contributed by atoms with Gasteiger partial charge in [0.1, 0.15) is 12.3 Å². The SMILES string of the molecule is CN(C(=O)[C@@H]1CC(=O)N(CC(F)(F)F)C1)c1ccccc1Oc1ccccc1. The zero-order valence-corrected chi connectivity index (χ0v) is 15.1. The number of halogens is 3. The Balaban J connectivity index is 1.75. The van der Waals surface area contributed by atoms with Crippen molar-refractivity contribution in [3.05, 3.63) is 54.6 Å². The molecule has 0 saturated carbocycles. The quantitative estimate of drug-likeness (QED) is 0.777. The summed E-state index contributed by atoms with van der Waals surface area (Å²) < 4.78 is 43.6. The number of carbonyl (C=O) groups excluding carboxylic acids is 2. The minimum Gasteiger partial charge on any atom is -0.455 e. The summed E-state index contributed by atoms with van der Waals surface area (Å²) in [6, 6.07) is 15.9. The van der Waals surface area contributed by atoms with Gasteiger partial charge in [0.2, 0.25) is 11.8 Å². The topological polar surface area (TPSA) is 49.9 Å². The maximum absolute atomic E-state index is 12.8. The van der Waals surface area contributed by atoms with Crippen molar-refractivity contribution in [3.8, 4) is 11.5 Å². The first-order chi connectivity index (χ1) is 13.2. The largest absolute Gasteiger partial charge is 0.455 e. The second-order valence-corrected chi connectivity index (χ2v) is 6.57. The minimum absolute atomic E-state index is 0.235. The normalized spacial score (nSPS) is 16.9. The van der Waals surface area contributed by atoms with E-state index in [-0.39, 0.29) is 13.0 Å². The highest BCUT2D eigenvalue weighted by Crippen LogP contribution is 2.33. The number of carbonyl (C=O) groups is 2. The lowest BCUT2D eigenvalue weighted by molar-refractivity contribution is -0.157. The van der Waals surface area contributed by atoms with E-state index in [2.05, 4.69) is 0 Å². The zero-order valence-electron chi connectivity index (χ0n) is 15.1. The van der Waals surface area contributed by atoms with Crippen LogP contribution in [0.15, 0.2) is 54.6 Å². The van der Waals surface area contributed by atoms with Crippen LogP contribution in [0.4, 0.5) is 18.9 Å². The number of para-hydroxylation sites is 3. The molecule has 8 heteroatoms. The van der Waals surface area contributed by atoms with Gasteiger partial charge in [-0.2, -0.15) is 13.2 Å². The van der Waals surface area contributed by atoms with E-state index in [0.717, 1.165) is 0 Å². The third-order valence-corrected chi connectivity index (χ3v) is 4.46. The monoisotopic (exact) mass is 392 g/mol. The summed E-state index contributed by atoms with van der Waals surface area (Å²) in [5, 5.41) is 0. The van der Waals surface area contributed by atoms with Crippen LogP contribution in [0.5, 0.6) is 11.5 Å². The summed E-state index contributed by atoms with van der Waals surface area (Å²) in [6.07, 6.45) is -4.73. The molecule has 0 bridgehead atoms. The highest BCUT2D eigenvalue weighted by Gasteiger charge is 2.41. The standard InChI is InChI=1S/C20H19F3N2O3/c1-24(19(27)14-11-18(26)25(12-14)13-20(21,22)23)16-9-5-6-10-17(16)28-15-7-3-2-4-8-15/h2-10,14H,11-13H2,1H3/t14-/m1/s1. The van der Waals surface area contributed by atoms with Crippen molar-refractivity contribution in [1.82, 2.24) is 4.90 Å². The molecular weight excluding hydrogens is 373 g/mol. The van der Waals surface area contributed by atoms with Crippen molar-refractivity contribution in [3.63, 3.8) is 0 Å². The van der Waals surface area contributed by atoms with Crippen molar-refractivity contribution < 1.29 is 27.5 Å². The summed E-state index contributed by atoms with van der Waals surface area (Å²) >= 11 is 0. The first kappa shape index (κ1) is 19.7. The fourth-order valence-corrected chi connectivity index (χ4v) is 3.14. The van der Waals surface area contributed by atoms with Crippen LogP contribution >= 0.6 is 0 Å². The number of likely N-dealkylation sites (tertiary alicyclic amines) is 1. The van der Waals surface area contributed by atoms with Gasteiger partial charge in [0.25, 0.3) is 0 Å². The third-order valence-electron chi connectivity index (χ3n) is 4.46. The average Bonchev–Trinajstić information content (AvgIpc) is 3.00. The Hall–Kier alpha value is -3.03. The molecule has 148 valence electrons. The fourth-order valence-electron chi connectivity index (χ4n) is 3.14. The molecule has 2 aromatic carbocycles. The van der Waals surface area contributed by atoms with Crippen molar-refractivity contribution >= 4 is 17.5 Å². The number of amides is 2. The number of ether oxygens (including phenoxy) is 1. The van der Waals surface area contributed by atoms with E-state index in [9.17, 15) is 22.8 Å². The zero-order chi connectivity index (χ0) is 20.3. The summed E-state index contributed by atoms with van der Waals surface area (Å²) in [5.74, 6) is -0.908. The molecule has 0 aromatic heterocycles. The Bertz CT molecular complexity index is 855. The molecule has 0 aliphatic carbocycles. The molecular formula is C20H19F3N2O3. The molecule has 1 fully saturated rings. The number of alkyl halides is 3. The third kappa shape index (κ3) is 4.62. The summed E-state index contributed by atoms with van der Waals surface area (Å²) in [5.41, 5.74) is 0.470. The van der Waals surface area contributed by atoms with Crippen LogP contribution in [0.3, 0.4) is 0 Å². The van der Waals surface area contributed by atoms with Crippen LogP contribution in [0.25, 0.3) is 0 Å². The summed E-state index contributed by atoms with van der Waals surface area (Å²) in [4.78, 5) is 26.7. The average molecular weight is 392 g/mol. The van der Waals surface area contributed by atoms with E-state index in [1.165, 1.54) is 11.9 Å². The number of hydrogen-bond acceptors (Lipinski definition) is 3. The lowest BCUT2D eigenvalue weighted by atomic mass is 10.1. The predicted octanol–water partition coefficient (Wildman–Crippen LogP) is 3.85. The van der Waals surface area contributed by atoms with E-state index in [1.807, 2.05) is 18.2 Å². The summed E-state index contributed by atoms with van der Waals surface area (Å²) in [7, 11) is 1.52. The summed E-state index contributed by atoms with van der Waals surface area (Å²) in [6.45, 7) is -1.59. The van der Waals surface area contributed by atoms with Gasteiger partial charge in [-0.15, -0.1) is 0 Å².